The third-order valence-corrected chi connectivity index (χ3v) is 5.35. The molecule has 0 saturated carbocycles. The van der Waals surface area contributed by atoms with Crippen LogP contribution in [-0.2, 0) is 16.1 Å². The van der Waals surface area contributed by atoms with Crippen LogP contribution >= 0.6 is 0 Å². The van der Waals surface area contributed by atoms with Gasteiger partial charge in [-0.1, -0.05) is 66.2 Å². The van der Waals surface area contributed by atoms with Gasteiger partial charge in [0.2, 0.25) is 0 Å². The fraction of sp³-hybridized carbons (Fsp3) is 0.240. The summed E-state index contributed by atoms with van der Waals surface area (Å²) in [6.07, 6.45) is 0. The number of benzene rings is 3. The van der Waals surface area contributed by atoms with E-state index in [1.54, 1.807) is 0 Å². The third kappa shape index (κ3) is 5.92. The molecule has 0 unspecified atom stereocenters. The molecule has 1 fully saturated rings. The number of amides is 1. The summed E-state index contributed by atoms with van der Waals surface area (Å²) in [6, 6.07) is 22.8. The summed E-state index contributed by atoms with van der Waals surface area (Å²) in [6.45, 7) is 6.50. The lowest BCUT2D eigenvalue weighted by atomic mass is 10.0. The van der Waals surface area contributed by atoms with Crippen LogP contribution in [0.5, 0.6) is 0 Å². The number of carboxylic acids is 2. The molecular weight excluding hydrogens is 408 g/mol. The molecule has 3 aromatic rings. The van der Waals surface area contributed by atoms with Crippen LogP contribution < -0.4 is 0 Å². The number of carbonyl (C=O) groups excluding carboxylic acids is 1. The molecule has 32 heavy (non-hydrogen) atoms. The van der Waals surface area contributed by atoms with Gasteiger partial charge in [0.05, 0.1) is 0 Å². The second-order valence-corrected chi connectivity index (χ2v) is 7.69. The van der Waals surface area contributed by atoms with Crippen molar-refractivity contribution in [2.45, 2.75) is 13.5 Å². The van der Waals surface area contributed by atoms with Crippen LogP contribution in [-0.4, -0.2) is 64.0 Å². The topological polar surface area (TPSA) is 98.2 Å². The molecule has 1 aliphatic heterocycles. The number of aryl methyl sites for hydroxylation is 1. The lowest BCUT2D eigenvalue weighted by Crippen LogP contribution is -2.48. The maximum atomic E-state index is 13.0. The molecule has 2 N–H and O–H groups in total. The van der Waals surface area contributed by atoms with Crippen LogP contribution in [0.3, 0.4) is 0 Å². The van der Waals surface area contributed by atoms with Crippen LogP contribution in [0, 0.1) is 6.92 Å². The summed E-state index contributed by atoms with van der Waals surface area (Å²) in [5.74, 6) is -3.50. The van der Waals surface area contributed by atoms with Gasteiger partial charge >= 0.3 is 11.9 Å². The molecule has 0 spiro atoms. The molecule has 0 radical (unpaired) electrons. The Morgan fingerprint density at radius 3 is 2.09 bits per heavy atom. The Morgan fingerprint density at radius 2 is 1.44 bits per heavy atom. The van der Waals surface area contributed by atoms with Gasteiger partial charge in [-0.3, -0.25) is 9.69 Å². The lowest BCUT2D eigenvalue weighted by Gasteiger charge is -2.35. The quantitative estimate of drug-likeness (QED) is 0.614. The van der Waals surface area contributed by atoms with Crippen LogP contribution in [0.1, 0.15) is 21.5 Å². The number of hydrogen-bond donors (Lipinski definition) is 2. The van der Waals surface area contributed by atoms with E-state index in [9.17, 15) is 4.79 Å². The van der Waals surface area contributed by atoms with Gasteiger partial charge in [-0.15, -0.1) is 0 Å². The van der Waals surface area contributed by atoms with Crippen LogP contribution in [0.4, 0.5) is 0 Å². The van der Waals surface area contributed by atoms with E-state index in [4.69, 9.17) is 19.8 Å². The highest BCUT2D eigenvalue weighted by Crippen LogP contribution is 2.21. The Kier molecular flexibility index (Phi) is 7.57. The zero-order chi connectivity index (χ0) is 23.1. The first-order valence-electron chi connectivity index (χ1n) is 10.4. The van der Waals surface area contributed by atoms with E-state index in [0.717, 1.165) is 49.1 Å². The van der Waals surface area contributed by atoms with Gasteiger partial charge in [-0.05, 0) is 29.3 Å². The molecule has 7 nitrogen and oxygen atoms in total. The molecule has 1 amide bonds. The number of carboxylic acid groups (broad SMARTS) is 2. The second-order valence-electron chi connectivity index (χ2n) is 7.69. The minimum Gasteiger partial charge on any atom is -0.473 e. The van der Waals surface area contributed by atoms with Crippen LogP contribution in [0.2, 0.25) is 0 Å². The van der Waals surface area contributed by atoms with Crippen LogP contribution in [0.25, 0.3) is 10.8 Å². The van der Waals surface area contributed by atoms with Gasteiger partial charge in [0.1, 0.15) is 0 Å². The highest BCUT2D eigenvalue weighted by atomic mass is 16.4. The third-order valence-electron chi connectivity index (χ3n) is 5.35. The maximum Gasteiger partial charge on any atom is 0.414 e. The number of nitrogens with zero attached hydrogens (tertiary/aromatic N) is 2. The number of fused-ring (bicyclic) bond motifs is 1. The monoisotopic (exact) mass is 434 g/mol. The molecule has 1 saturated heterocycles. The average Bonchev–Trinajstić information content (AvgIpc) is 2.79. The molecule has 4 rings (SSSR count). The van der Waals surface area contributed by atoms with Crippen molar-refractivity contribution in [1.29, 1.82) is 0 Å². The predicted octanol–water partition coefficient (Wildman–Crippen LogP) is 3.26. The molecule has 1 aliphatic rings. The summed E-state index contributed by atoms with van der Waals surface area (Å²) >= 11 is 0. The van der Waals surface area contributed by atoms with Gasteiger partial charge < -0.3 is 15.1 Å². The standard InChI is InChI=1S/C23H24N2O.C2H2O4/c1-18-6-4-7-19(16-18)17-24-12-14-25(15-13-24)23(26)22-11-5-9-20-8-2-3-10-21(20)22;3-1(4)2(5)6/h2-11,16H,12-15,17H2,1H3;(H,3,4)(H,5,6). The average molecular weight is 434 g/mol. The summed E-state index contributed by atoms with van der Waals surface area (Å²) in [5, 5.41) is 16.9. The van der Waals surface area contributed by atoms with Gasteiger partial charge in [-0.2, -0.15) is 0 Å². The Balaban J connectivity index is 0.000000427. The fourth-order valence-electron chi connectivity index (χ4n) is 3.76. The van der Waals surface area contributed by atoms with E-state index in [0.29, 0.717) is 0 Å². The van der Waals surface area contributed by atoms with Crippen molar-refractivity contribution in [3.05, 3.63) is 83.4 Å². The van der Waals surface area contributed by atoms with Crippen LogP contribution in [0.15, 0.2) is 66.7 Å². The van der Waals surface area contributed by atoms with E-state index in [1.165, 1.54) is 11.1 Å². The number of rotatable bonds is 3. The molecule has 7 heteroatoms. The van der Waals surface area contributed by atoms with Gasteiger partial charge in [0.25, 0.3) is 5.91 Å². The van der Waals surface area contributed by atoms with Crippen molar-refractivity contribution in [1.82, 2.24) is 9.80 Å². The molecule has 0 aliphatic carbocycles. The minimum atomic E-state index is -1.82. The zero-order valence-corrected chi connectivity index (χ0v) is 17.9. The smallest absolute Gasteiger partial charge is 0.414 e. The molecule has 166 valence electrons. The Hall–Kier alpha value is -3.71. The molecule has 0 bridgehead atoms. The fourth-order valence-corrected chi connectivity index (χ4v) is 3.76. The second kappa shape index (κ2) is 10.5. The van der Waals surface area contributed by atoms with Crippen molar-refractivity contribution >= 4 is 28.6 Å². The van der Waals surface area contributed by atoms with E-state index in [-0.39, 0.29) is 5.91 Å². The Morgan fingerprint density at radius 1 is 0.812 bits per heavy atom. The lowest BCUT2D eigenvalue weighted by molar-refractivity contribution is -0.159. The first kappa shape index (κ1) is 23.0. The van der Waals surface area contributed by atoms with E-state index in [2.05, 4.69) is 48.2 Å². The van der Waals surface area contributed by atoms with E-state index >= 15 is 0 Å². The highest BCUT2D eigenvalue weighted by molar-refractivity contribution is 6.27. The maximum absolute atomic E-state index is 13.0. The van der Waals surface area contributed by atoms with Crippen molar-refractivity contribution < 1.29 is 24.6 Å². The van der Waals surface area contributed by atoms with Gasteiger partial charge in [0.15, 0.2) is 0 Å². The van der Waals surface area contributed by atoms with Gasteiger partial charge in [0, 0.05) is 38.3 Å². The molecule has 3 aromatic carbocycles. The Bertz CT molecular complexity index is 1100. The summed E-state index contributed by atoms with van der Waals surface area (Å²) in [5.41, 5.74) is 3.46. The van der Waals surface area contributed by atoms with Crippen molar-refractivity contribution in [2.75, 3.05) is 26.2 Å². The predicted molar refractivity (Wildman–Crippen MR) is 122 cm³/mol. The highest BCUT2D eigenvalue weighted by Gasteiger charge is 2.23. The molecular formula is C25H26N2O5. The van der Waals surface area contributed by atoms with Gasteiger partial charge in [-0.25, -0.2) is 9.59 Å². The molecule has 0 atom stereocenters. The zero-order valence-electron chi connectivity index (χ0n) is 17.9. The Labute approximate surface area is 186 Å². The van der Waals surface area contributed by atoms with Crippen molar-refractivity contribution in [2.24, 2.45) is 0 Å². The summed E-state index contributed by atoms with van der Waals surface area (Å²) < 4.78 is 0. The number of carbonyl (C=O) groups is 3. The molecule has 0 aromatic heterocycles. The first-order chi connectivity index (χ1) is 15.3. The number of aliphatic carboxylic acids is 2. The first-order valence-corrected chi connectivity index (χ1v) is 10.4. The summed E-state index contributed by atoms with van der Waals surface area (Å²) in [4.78, 5) is 35.7. The SMILES string of the molecule is Cc1cccc(CN2CCN(C(=O)c3cccc4ccccc34)CC2)c1.O=C(O)C(=O)O. The van der Waals surface area contributed by atoms with Crippen molar-refractivity contribution in [3.63, 3.8) is 0 Å². The number of piperazine rings is 1. The molecule has 1 heterocycles. The minimum absolute atomic E-state index is 0.150. The van der Waals surface area contributed by atoms with Crippen molar-refractivity contribution in [3.8, 4) is 0 Å². The summed E-state index contributed by atoms with van der Waals surface area (Å²) in [7, 11) is 0. The van der Waals surface area contributed by atoms with E-state index < -0.39 is 11.9 Å². The normalized spacial score (nSPS) is 13.8. The van der Waals surface area contributed by atoms with E-state index in [1.807, 2.05) is 35.2 Å². The largest absolute Gasteiger partial charge is 0.473 e. The number of hydrogen-bond acceptors (Lipinski definition) is 4.